The summed E-state index contributed by atoms with van der Waals surface area (Å²) in [4.78, 5) is 24.9. The summed E-state index contributed by atoms with van der Waals surface area (Å²) in [6.45, 7) is 5.74. The highest BCUT2D eigenvalue weighted by atomic mass is 32.2. The number of anilines is 2. The highest BCUT2D eigenvalue weighted by molar-refractivity contribution is 7.89. The van der Waals surface area contributed by atoms with Crippen LogP contribution in [0, 0.1) is 13.8 Å². The van der Waals surface area contributed by atoms with Crippen molar-refractivity contribution in [2.24, 2.45) is 0 Å². The van der Waals surface area contributed by atoms with E-state index in [1.165, 1.54) is 22.5 Å². The predicted molar refractivity (Wildman–Crippen MR) is 117 cm³/mol. The van der Waals surface area contributed by atoms with Gasteiger partial charge in [-0.25, -0.2) is 8.42 Å². The molecule has 0 aromatic heterocycles. The van der Waals surface area contributed by atoms with Crippen LogP contribution in [0.15, 0.2) is 41.3 Å². The van der Waals surface area contributed by atoms with Crippen LogP contribution in [0.2, 0.25) is 0 Å². The van der Waals surface area contributed by atoms with Crippen molar-refractivity contribution < 1.29 is 22.7 Å². The van der Waals surface area contributed by atoms with Crippen molar-refractivity contribution >= 4 is 33.2 Å². The van der Waals surface area contributed by atoms with E-state index < -0.39 is 22.2 Å². The van der Waals surface area contributed by atoms with Crippen LogP contribution >= 0.6 is 0 Å². The Labute approximate surface area is 181 Å². The predicted octanol–water partition coefficient (Wildman–Crippen LogP) is 2.81. The summed E-state index contributed by atoms with van der Waals surface area (Å²) in [7, 11) is -3.94. The minimum Gasteiger partial charge on any atom is -0.479 e. The van der Waals surface area contributed by atoms with Crippen LogP contribution in [0.1, 0.15) is 30.9 Å². The number of sulfonamides is 1. The molecule has 2 amide bonds. The molecule has 0 unspecified atom stereocenters. The number of carbonyl (C=O) groups is 2. The number of nitrogens with zero attached hydrogens (tertiary/aromatic N) is 1. The van der Waals surface area contributed by atoms with Crippen molar-refractivity contribution in [3.05, 3.63) is 47.5 Å². The van der Waals surface area contributed by atoms with E-state index in [-0.39, 0.29) is 23.3 Å². The van der Waals surface area contributed by atoms with E-state index in [2.05, 4.69) is 10.6 Å². The molecule has 0 aliphatic carbocycles. The maximum absolute atomic E-state index is 13.3. The number of fused-ring (bicyclic) bond motifs is 1. The fourth-order valence-corrected chi connectivity index (χ4v) is 5.56. The van der Waals surface area contributed by atoms with Gasteiger partial charge in [0.25, 0.3) is 5.91 Å². The van der Waals surface area contributed by atoms with Gasteiger partial charge in [0.05, 0.1) is 10.6 Å². The van der Waals surface area contributed by atoms with Crippen molar-refractivity contribution in [2.75, 3.05) is 17.2 Å². The first kappa shape index (κ1) is 21.3. The molecule has 2 aliphatic heterocycles. The van der Waals surface area contributed by atoms with Crippen LogP contribution in [0.3, 0.4) is 0 Å². The van der Waals surface area contributed by atoms with Crippen molar-refractivity contribution in [2.45, 2.75) is 50.7 Å². The molecule has 2 aromatic rings. The van der Waals surface area contributed by atoms with Crippen LogP contribution in [0.5, 0.6) is 5.75 Å². The smallest absolute Gasteiger partial charge is 0.265 e. The monoisotopic (exact) mass is 443 g/mol. The third-order valence-electron chi connectivity index (χ3n) is 5.86. The Kier molecular flexibility index (Phi) is 5.49. The maximum Gasteiger partial charge on any atom is 0.265 e. The average Bonchev–Trinajstić information content (AvgIpc) is 3.23. The van der Waals surface area contributed by atoms with E-state index in [1.807, 2.05) is 26.0 Å². The van der Waals surface area contributed by atoms with E-state index in [1.54, 1.807) is 13.0 Å². The number of rotatable bonds is 4. The zero-order valence-corrected chi connectivity index (χ0v) is 18.5. The quantitative estimate of drug-likeness (QED) is 0.756. The van der Waals surface area contributed by atoms with Crippen molar-refractivity contribution in [3.63, 3.8) is 0 Å². The van der Waals surface area contributed by atoms with Gasteiger partial charge in [-0.2, -0.15) is 4.31 Å². The molecule has 8 nitrogen and oxygen atoms in total. The summed E-state index contributed by atoms with van der Waals surface area (Å²) in [5.74, 6) is -0.274. The van der Waals surface area contributed by atoms with Crippen LogP contribution in [0.25, 0.3) is 0 Å². The SMILES string of the molecule is Cc1cccc(NC(=O)[C@@H]2CCCN2S(=O)(=O)c2ccc3c(c2)NC(=O)[C@@H](C)O3)c1C. The molecule has 0 bridgehead atoms. The number of hydrogen-bond donors (Lipinski definition) is 2. The molecule has 1 saturated heterocycles. The van der Waals surface area contributed by atoms with E-state index in [0.717, 1.165) is 11.1 Å². The Morgan fingerprint density at radius 3 is 2.77 bits per heavy atom. The lowest BCUT2D eigenvalue weighted by molar-refractivity contribution is -0.122. The van der Waals surface area contributed by atoms with Gasteiger partial charge < -0.3 is 15.4 Å². The summed E-state index contributed by atoms with van der Waals surface area (Å²) in [6.07, 6.45) is 0.386. The third-order valence-corrected chi connectivity index (χ3v) is 7.76. The first-order valence-electron chi connectivity index (χ1n) is 10.2. The molecule has 9 heteroatoms. The van der Waals surface area contributed by atoms with Gasteiger partial charge in [-0.3, -0.25) is 9.59 Å². The van der Waals surface area contributed by atoms with Gasteiger partial charge in [0.1, 0.15) is 11.8 Å². The minimum atomic E-state index is -3.94. The zero-order valence-electron chi connectivity index (χ0n) is 17.6. The molecular weight excluding hydrogens is 418 g/mol. The molecule has 2 N–H and O–H groups in total. The number of nitrogens with one attached hydrogen (secondary N) is 2. The van der Waals surface area contributed by atoms with Gasteiger partial charge >= 0.3 is 0 Å². The number of benzene rings is 2. The summed E-state index contributed by atoms with van der Waals surface area (Å²) in [5, 5.41) is 5.55. The highest BCUT2D eigenvalue weighted by Crippen LogP contribution is 2.34. The van der Waals surface area contributed by atoms with Gasteiger partial charge in [0, 0.05) is 12.2 Å². The van der Waals surface area contributed by atoms with Crippen molar-refractivity contribution in [3.8, 4) is 5.75 Å². The number of ether oxygens (including phenoxy) is 1. The lowest BCUT2D eigenvalue weighted by Crippen LogP contribution is -2.43. The van der Waals surface area contributed by atoms with E-state index >= 15 is 0 Å². The first-order valence-corrected chi connectivity index (χ1v) is 11.6. The number of aryl methyl sites for hydroxylation is 1. The fraction of sp³-hybridized carbons (Fsp3) is 0.364. The molecule has 4 rings (SSSR count). The molecule has 31 heavy (non-hydrogen) atoms. The van der Waals surface area contributed by atoms with Gasteiger partial charge in [0.2, 0.25) is 15.9 Å². The van der Waals surface area contributed by atoms with Gasteiger partial charge in [-0.1, -0.05) is 12.1 Å². The maximum atomic E-state index is 13.3. The highest BCUT2D eigenvalue weighted by Gasteiger charge is 2.40. The van der Waals surface area contributed by atoms with Gasteiger partial charge in [0.15, 0.2) is 6.10 Å². The second-order valence-corrected chi connectivity index (χ2v) is 9.81. The Bertz CT molecular complexity index is 1160. The largest absolute Gasteiger partial charge is 0.479 e. The number of hydrogen-bond acceptors (Lipinski definition) is 5. The second-order valence-electron chi connectivity index (χ2n) is 7.92. The molecule has 0 saturated carbocycles. The Hall–Kier alpha value is -2.91. The van der Waals surface area contributed by atoms with E-state index in [0.29, 0.717) is 30.0 Å². The fourth-order valence-electron chi connectivity index (χ4n) is 3.88. The zero-order chi connectivity index (χ0) is 22.3. The molecule has 1 fully saturated rings. The molecule has 2 aliphatic rings. The third kappa shape index (κ3) is 3.90. The number of carbonyl (C=O) groups excluding carboxylic acids is 2. The molecule has 2 aromatic carbocycles. The molecule has 0 radical (unpaired) electrons. The minimum absolute atomic E-state index is 0.0103. The molecule has 2 atom stereocenters. The lowest BCUT2D eigenvalue weighted by atomic mass is 10.1. The van der Waals surface area contributed by atoms with Gasteiger partial charge in [-0.15, -0.1) is 0 Å². The topological polar surface area (TPSA) is 105 Å². The first-order chi connectivity index (χ1) is 14.7. The summed E-state index contributed by atoms with van der Waals surface area (Å²) >= 11 is 0. The van der Waals surface area contributed by atoms with Gasteiger partial charge in [-0.05, 0) is 69.0 Å². The molecule has 164 valence electrons. The van der Waals surface area contributed by atoms with E-state index in [9.17, 15) is 18.0 Å². The standard InChI is InChI=1S/C22H25N3O5S/c1-13-6-4-7-17(14(13)2)23-22(27)19-8-5-11-25(19)31(28,29)16-9-10-20-18(12-16)24-21(26)15(3)30-20/h4,6-7,9-10,12,15,19H,5,8,11H2,1-3H3,(H,23,27)(H,24,26)/t15-,19+/m1/s1. The van der Waals surface area contributed by atoms with Crippen LogP contribution < -0.4 is 15.4 Å². The lowest BCUT2D eigenvalue weighted by Gasteiger charge is -2.26. The Balaban J connectivity index is 1.59. The van der Waals surface area contributed by atoms with Crippen molar-refractivity contribution in [1.82, 2.24) is 4.31 Å². The molecule has 0 spiro atoms. The van der Waals surface area contributed by atoms with Crippen LogP contribution in [-0.4, -0.2) is 43.2 Å². The summed E-state index contributed by atoms with van der Waals surface area (Å²) in [6, 6.07) is 9.16. The summed E-state index contributed by atoms with van der Waals surface area (Å²) in [5.41, 5.74) is 2.97. The normalized spacial score (nSPS) is 21.2. The number of amides is 2. The van der Waals surface area contributed by atoms with Crippen LogP contribution in [-0.2, 0) is 19.6 Å². The Morgan fingerprint density at radius 2 is 2.00 bits per heavy atom. The molecule has 2 heterocycles. The van der Waals surface area contributed by atoms with Crippen molar-refractivity contribution in [1.29, 1.82) is 0 Å². The van der Waals surface area contributed by atoms with E-state index in [4.69, 9.17) is 4.74 Å². The second kappa shape index (κ2) is 7.97. The summed E-state index contributed by atoms with van der Waals surface area (Å²) < 4.78 is 33.4. The molecular formula is C22H25N3O5S. The Morgan fingerprint density at radius 1 is 1.23 bits per heavy atom. The average molecular weight is 444 g/mol. The van der Waals surface area contributed by atoms with Crippen LogP contribution in [0.4, 0.5) is 11.4 Å².